The number of nitrogens with two attached hydrogens (primary N) is 1. The predicted molar refractivity (Wildman–Crippen MR) is 103 cm³/mol. The summed E-state index contributed by atoms with van der Waals surface area (Å²) in [6, 6.07) is 8.28. The molecule has 0 atom stereocenters. The number of pyridine rings is 1. The number of rotatable bonds is 4. The molecule has 0 bridgehead atoms. The van der Waals surface area contributed by atoms with Crippen LogP contribution >= 0.6 is 15.9 Å². The molecule has 1 aromatic carbocycles. The molecule has 0 saturated carbocycles. The molecule has 1 aliphatic heterocycles. The molecule has 1 aliphatic rings. The molecule has 0 unspecified atom stereocenters. The van der Waals surface area contributed by atoms with Crippen molar-refractivity contribution in [3.8, 4) is 0 Å². The lowest BCUT2D eigenvalue weighted by atomic mass is 10.2. The normalized spacial score (nSPS) is 15.8. The lowest BCUT2D eigenvalue weighted by molar-refractivity contribution is 0.100. The van der Waals surface area contributed by atoms with E-state index in [0.717, 1.165) is 10.0 Å². The van der Waals surface area contributed by atoms with Crippen molar-refractivity contribution in [3.63, 3.8) is 0 Å². The number of amides is 1. The van der Waals surface area contributed by atoms with Crippen LogP contribution < -0.4 is 10.6 Å². The molecule has 1 saturated heterocycles. The van der Waals surface area contributed by atoms with Gasteiger partial charge in [0.15, 0.2) is 0 Å². The maximum Gasteiger partial charge on any atom is 0.252 e. The van der Waals surface area contributed by atoms with Gasteiger partial charge >= 0.3 is 0 Å². The fraction of sp³-hybridized carbons (Fsp3) is 0.294. The molecule has 2 aromatic rings. The van der Waals surface area contributed by atoms with E-state index in [2.05, 4.69) is 20.9 Å². The molecule has 9 heteroatoms. The summed E-state index contributed by atoms with van der Waals surface area (Å²) in [7, 11) is -3.56. The lowest BCUT2D eigenvalue weighted by Gasteiger charge is -2.35. The van der Waals surface area contributed by atoms with E-state index in [4.69, 9.17) is 5.73 Å². The van der Waals surface area contributed by atoms with Gasteiger partial charge in [-0.25, -0.2) is 13.4 Å². The van der Waals surface area contributed by atoms with Crippen molar-refractivity contribution in [2.24, 2.45) is 5.73 Å². The molecule has 0 aliphatic carbocycles. The van der Waals surface area contributed by atoms with E-state index >= 15 is 0 Å². The van der Waals surface area contributed by atoms with E-state index in [1.165, 1.54) is 4.31 Å². The van der Waals surface area contributed by atoms with Crippen LogP contribution in [0, 0.1) is 6.92 Å². The highest BCUT2D eigenvalue weighted by Crippen LogP contribution is 2.25. The van der Waals surface area contributed by atoms with Gasteiger partial charge in [-0.05, 0) is 42.8 Å². The highest BCUT2D eigenvalue weighted by Gasteiger charge is 2.30. The SMILES string of the molecule is Cc1cc(S(=O)(=O)N2CCN(c3ncccc3C(N)=O)CC2)ccc1Br. The van der Waals surface area contributed by atoms with E-state index in [1.54, 1.807) is 36.5 Å². The highest BCUT2D eigenvalue weighted by atomic mass is 79.9. The number of aryl methyl sites for hydroxylation is 1. The molecule has 1 aromatic heterocycles. The van der Waals surface area contributed by atoms with Crippen LogP contribution in [-0.2, 0) is 10.0 Å². The minimum Gasteiger partial charge on any atom is -0.365 e. The zero-order valence-corrected chi connectivity index (χ0v) is 16.6. The number of hydrogen-bond acceptors (Lipinski definition) is 5. The van der Waals surface area contributed by atoms with Crippen LogP contribution in [0.15, 0.2) is 45.9 Å². The second-order valence-corrected chi connectivity index (χ2v) is 8.83. The van der Waals surface area contributed by atoms with E-state index in [9.17, 15) is 13.2 Å². The number of primary amides is 1. The van der Waals surface area contributed by atoms with Crippen molar-refractivity contribution < 1.29 is 13.2 Å². The molecule has 138 valence electrons. The number of hydrogen-bond donors (Lipinski definition) is 1. The Bertz CT molecular complexity index is 941. The maximum absolute atomic E-state index is 12.9. The second-order valence-electron chi connectivity index (χ2n) is 6.04. The van der Waals surface area contributed by atoms with Crippen LogP contribution in [0.5, 0.6) is 0 Å². The number of anilines is 1. The Morgan fingerprint density at radius 3 is 2.50 bits per heavy atom. The third-order valence-electron chi connectivity index (χ3n) is 4.36. The fourth-order valence-electron chi connectivity index (χ4n) is 2.91. The van der Waals surface area contributed by atoms with E-state index in [-0.39, 0.29) is 4.90 Å². The van der Waals surface area contributed by atoms with Gasteiger partial charge in [-0.3, -0.25) is 4.79 Å². The Labute approximate surface area is 161 Å². The first-order valence-corrected chi connectivity index (χ1v) is 10.3. The van der Waals surface area contributed by atoms with Crippen LogP contribution in [-0.4, -0.2) is 49.8 Å². The van der Waals surface area contributed by atoms with Gasteiger partial charge in [0.2, 0.25) is 10.0 Å². The van der Waals surface area contributed by atoms with E-state index in [0.29, 0.717) is 37.6 Å². The largest absolute Gasteiger partial charge is 0.365 e. The number of benzene rings is 1. The van der Waals surface area contributed by atoms with Gasteiger partial charge in [0.25, 0.3) is 5.91 Å². The number of nitrogens with zero attached hydrogens (tertiary/aromatic N) is 3. The van der Waals surface area contributed by atoms with Gasteiger partial charge in [0, 0.05) is 36.8 Å². The molecule has 2 heterocycles. The van der Waals surface area contributed by atoms with Gasteiger partial charge in [0.1, 0.15) is 5.82 Å². The fourth-order valence-corrected chi connectivity index (χ4v) is 4.66. The van der Waals surface area contributed by atoms with Crippen molar-refractivity contribution in [2.45, 2.75) is 11.8 Å². The smallest absolute Gasteiger partial charge is 0.252 e. The Hall–Kier alpha value is -1.97. The van der Waals surface area contributed by atoms with Crippen molar-refractivity contribution in [1.82, 2.24) is 9.29 Å². The molecule has 3 rings (SSSR count). The molecule has 26 heavy (non-hydrogen) atoms. The number of halogens is 1. The van der Waals surface area contributed by atoms with Crippen LogP contribution in [0.2, 0.25) is 0 Å². The number of carbonyl (C=O) groups excluding carboxylic acids is 1. The summed E-state index contributed by atoms with van der Waals surface area (Å²) in [6.45, 7) is 3.35. The summed E-state index contributed by atoms with van der Waals surface area (Å²) in [4.78, 5) is 18.0. The first-order valence-electron chi connectivity index (χ1n) is 8.07. The van der Waals surface area contributed by atoms with Gasteiger partial charge in [0.05, 0.1) is 10.5 Å². The van der Waals surface area contributed by atoms with Gasteiger partial charge in [-0.15, -0.1) is 0 Å². The topological polar surface area (TPSA) is 96.6 Å². The first kappa shape index (κ1) is 18.8. The molecule has 7 nitrogen and oxygen atoms in total. The van der Waals surface area contributed by atoms with Crippen LogP contribution in [0.25, 0.3) is 0 Å². The van der Waals surface area contributed by atoms with Crippen molar-refractivity contribution in [3.05, 3.63) is 52.1 Å². The number of piperazine rings is 1. The Morgan fingerprint density at radius 1 is 1.19 bits per heavy atom. The van der Waals surface area contributed by atoms with Crippen molar-refractivity contribution in [1.29, 1.82) is 0 Å². The molecule has 1 amide bonds. The number of sulfonamides is 1. The molecule has 0 spiro atoms. The Morgan fingerprint density at radius 2 is 1.88 bits per heavy atom. The summed E-state index contributed by atoms with van der Waals surface area (Å²) >= 11 is 3.38. The average Bonchev–Trinajstić information content (AvgIpc) is 2.64. The minimum atomic E-state index is -3.56. The van der Waals surface area contributed by atoms with Crippen LogP contribution in [0.4, 0.5) is 5.82 Å². The highest BCUT2D eigenvalue weighted by molar-refractivity contribution is 9.10. The van der Waals surface area contributed by atoms with Crippen molar-refractivity contribution >= 4 is 37.7 Å². The second kappa shape index (κ2) is 7.34. The van der Waals surface area contributed by atoms with Crippen LogP contribution in [0.1, 0.15) is 15.9 Å². The monoisotopic (exact) mass is 438 g/mol. The summed E-state index contributed by atoms with van der Waals surface area (Å²) in [5.41, 5.74) is 6.61. The Kier molecular flexibility index (Phi) is 5.31. The molecule has 0 radical (unpaired) electrons. The van der Waals surface area contributed by atoms with Crippen molar-refractivity contribution in [2.75, 3.05) is 31.1 Å². The lowest BCUT2D eigenvalue weighted by Crippen LogP contribution is -2.49. The number of aromatic nitrogens is 1. The van der Waals surface area contributed by atoms with E-state index < -0.39 is 15.9 Å². The zero-order valence-electron chi connectivity index (χ0n) is 14.2. The average molecular weight is 439 g/mol. The quantitative estimate of drug-likeness (QED) is 0.783. The molecular formula is C17H19BrN4O3S. The summed E-state index contributed by atoms with van der Waals surface area (Å²) in [6.07, 6.45) is 1.59. The molecule has 2 N–H and O–H groups in total. The third kappa shape index (κ3) is 3.60. The first-order chi connectivity index (χ1) is 12.3. The minimum absolute atomic E-state index is 0.280. The standard InChI is InChI=1S/C17H19BrN4O3S/c1-12-11-13(4-5-15(12)18)26(24,25)22-9-7-21(8-10-22)17-14(16(19)23)3-2-6-20-17/h2-6,11H,7-10H2,1H3,(H2,19,23). The van der Waals surface area contributed by atoms with Gasteiger partial charge < -0.3 is 10.6 Å². The summed E-state index contributed by atoms with van der Waals surface area (Å²) in [5, 5.41) is 0. The predicted octanol–water partition coefficient (Wildman–Crippen LogP) is 1.76. The third-order valence-corrected chi connectivity index (χ3v) is 7.14. The van der Waals surface area contributed by atoms with Crippen LogP contribution in [0.3, 0.4) is 0 Å². The zero-order chi connectivity index (χ0) is 18.9. The maximum atomic E-state index is 12.9. The molecular weight excluding hydrogens is 420 g/mol. The van der Waals surface area contributed by atoms with E-state index in [1.807, 2.05) is 11.8 Å². The molecule has 1 fully saturated rings. The van der Waals surface area contributed by atoms with Gasteiger partial charge in [-0.1, -0.05) is 15.9 Å². The number of carbonyl (C=O) groups is 1. The van der Waals surface area contributed by atoms with Gasteiger partial charge in [-0.2, -0.15) is 4.31 Å². The summed E-state index contributed by atoms with van der Waals surface area (Å²) < 4.78 is 28.1. The summed E-state index contributed by atoms with van der Waals surface area (Å²) in [5.74, 6) is -0.0509. The Balaban J connectivity index is 1.78.